The van der Waals surface area contributed by atoms with E-state index in [0.717, 1.165) is 22.7 Å². The van der Waals surface area contributed by atoms with E-state index in [2.05, 4.69) is 4.98 Å². The number of anilines is 1. The highest BCUT2D eigenvalue weighted by Crippen LogP contribution is 2.22. The van der Waals surface area contributed by atoms with Crippen LogP contribution in [0.2, 0.25) is 0 Å². The largest absolute Gasteiger partial charge is 0.494 e. The van der Waals surface area contributed by atoms with Gasteiger partial charge < -0.3 is 19.1 Å². The van der Waals surface area contributed by atoms with Gasteiger partial charge in [-0.1, -0.05) is 0 Å². The molecular formula is C20H26N2O4. The highest BCUT2D eigenvalue weighted by Gasteiger charge is 2.06. The molecule has 6 nitrogen and oxygen atoms in total. The molecule has 0 amide bonds. The lowest BCUT2D eigenvalue weighted by Gasteiger charge is -2.17. The number of carbonyl (C=O) groups is 1. The maximum absolute atomic E-state index is 11.3. The molecule has 2 aromatic rings. The molecule has 26 heavy (non-hydrogen) atoms. The van der Waals surface area contributed by atoms with Crippen LogP contribution in [0.15, 0.2) is 42.7 Å². The maximum Gasteiger partial charge on any atom is 0.305 e. The first-order valence-electron chi connectivity index (χ1n) is 8.71. The topological polar surface area (TPSA) is 60.9 Å². The third-order valence-electron chi connectivity index (χ3n) is 3.68. The zero-order valence-electron chi connectivity index (χ0n) is 15.6. The van der Waals surface area contributed by atoms with E-state index in [1.54, 1.807) is 13.1 Å². The van der Waals surface area contributed by atoms with Gasteiger partial charge in [0.25, 0.3) is 0 Å². The Labute approximate surface area is 154 Å². The van der Waals surface area contributed by atoms with Gasteiger partial charge in [-0.2, -0.15) is 0 Å². The van der Waals surface area contributed by atoms with Crippen molar-refractivity contribution < 1.29 is 19.0 Å². The van der Waals surface area contributed by atoms with Crippen molar-refractivity contribution in [2.45, 2.75) is 26.4 Å². The zero-order valence-corrected chi connectivity index (χ0v) is 15.6. The predicted molar refractivity (Wildman–Crippen MR) is 101 cm³/mol. The van der Waals surface area contributed by atoms with Crippen molar-refractivity contribution in [3.63, 3.8) is 0 Å². The van der Waals surface area contributed by atoms with E-state index in [1.807, 2.05) is 55.5 Å². The van der Waals surface area contributed by atoms with Gasteiger partial charge in [0, 0.05) is 44.2 Å². The van der Waals surface area contributed by atoms with Gasteiger partial charge in [-0.25, -0.2) is 0 Å². The van der Waals surface area contributed by atoms with Crippen molar-refractivity contribution in [1.82, 2.24) is 4.98 Å². The summed E-state index contributed by atoms with van der Waals surface area (Å²) < 4.78 is 16.3. The molecule has 0 fully saturated rings. The highest BCUT2D eigenvalue weighted by molar-refractivity contribution is 5.69. The Morgan fingerprint density at radius 2 is 1.77 bits per heavy atom. The molecule has 1 aromatic carbocycles. The van der Waals surface area contributed by atoms with E-state index >= 15 is 0 Å². The quantitative estimate of drug-likeness (QED) is 0.479. The Hall–Kier alpha value is -2.76. The molecule has 0 saturated carbocycles. The summed E-state index contributed by atoms with van der Waals surface area (Å²) in [6, 6.07) is 9.41. The number of hydrogen-bond acceptors (Lipinski definition) is 6. The molecule has 140 valence electrons. The highest BCUT2D eigenvalue weighted by atomic mass is 16.5. The number of hydrogen-bond donors (Lipinski definition) is 0. The fourth-order valence-corrected chi connectivity index (χ4v) is 2.40. The second-order valence-corrected chi connectivity index (χ2v) is 5.92. The molecule has 0 N–H and O–H groups in total. The standard InChI is InChI=1S/C20H26N2O4/c1-4-24-20(23)6-5-13-25-17-7-9-18(10-8-17)26-15-16-14-21-12-11-19(16)22(2)3/h7-12,14H,4-6,13,15H2,1-3H3. The van der Waals surface area contributed by atoms with E-state index in [1.165, 1.54) is 0 Å². The van der Waals surface area contributed by atoms with Crippen molar-refractivity contribution in [2.75, 3.05) is 32.2 Å². The number of ether oxygens (including phenoxy) is 3. The summed E-state index contributed by atoms with van der Waals surface area (Å²) in [5.41, 5.74) is 2.11. The molecule has 0 aliphatic rings. The Balaban J connectivity index is 1.78. The van der Waals surface area contributed by atoms with Crippen LogP contribution in [0, 0.1) is 0 Å². The molecule has 0 aliphatic carbocycles. The summed E-state index contributed by atoms with van der Waals surface area (Å²) in [5, 5.41) is 0. The molecule has 1 aromatic heterocycles. The fourth-order valence-electron chi connectivity index (χ4n) is 2.40. The van der Waals surface area contributed by atoms with Crippen LogP contribution < -0.4 is 14.4 Å². The minimum Gasteiger partial charge on any atom is -0.494 e. The van der Waals surface area contributed by atoms with Crippen LogP contribution in [0.5, 0.6) is 11.5 Å². The molecule has 0 radical (unpaired) electrons. The van der Waals surface area contributed by atoms with Gasteiger partial charge in [0.2, 0.25) is 0 Å². The lowest BCUT2D eigenvalue weighted by Crippen LogP contribution is -2.12. The van der Waals surface area contributed by atoms with Gasteiger partial charge in [0.15, 0.2) is 0 Å². The molecule has 1 heterocycles. The zero-order chi connectivity index (χ0) is 18.8. The van der Waals surface area contributed by atoms with Gasteiger partial charge in [-0.3, -0.25) is 9.78 Å². The third-order valence-corrected chi connectivity index (χ3v) is 3.68. The number of nitrogens with zero attached hydrogens (tertiary/aromatic N) is 2. The first-order chi connectivity index (χ1) is 12.6. The van der Waals surface area contributed by atoms with Gasteiger partial charge in [-0.05, 0) is 43.7 Å². The van der Waals surface area contributed by atoms with E-state index in [4.69, 9.17) is 14.2 Å². The molecular weight excluding hydrogens is 332 g/mol. The van der Waals surface area contributed by atoms with Gasteiger partial charge in [0.1, 0.15) is 18.1 Å². The van der Waals surface area contributed by atoms with Crippen LogP contribution in [0.3, 0.4) is 0 Å². The first kappa shape index (κ1) is 19.6. The third kappa shape index (κ3) is 6.27. The number of aromatic nitrogens is 1. The van der Waals surface area contributed by atoms with Crippen LogP contribution in [-0.2, 0) is 16.1 Å². The van der Waals surface area contributed by atoms with Crippen molar-refractivity contribution in [3.8, 4) is 11.5 Å². The van der Waals surface area contributed by atoms with E-state index in [0.29, 0.717) is 32.7 Å². The number of esters is 1. The minimum atomic E-state index is -0.188. The summed E-state index contributed by atoms with van der Waals surface area (Å²) in [4.78, 5) is 17.4. The van der Waals surface area contributed by atoms with Crippen LogP contribution >= 0.6 is 0 Å². The first-order valence-corrected chi connectivity index (χ1v) is 8.71. The lowest BCUT2D eigenvalue weighted by atomic mass is 10.2. The Bertz CT molecular complexity index is 686. The Morgan fingerprint density at radius 1 is 1.08 bits per heavy atom. The molecule has 0 spiro atoms. The van der Waals surface area contributed by atoms with Gasteiger partial charge >= 0.3 is 5.97 Å². The van der Waals surface area contributed by atoms with E-state index in [9.17, 15) is 4.79 Å². The van der Waals surface area contributed by atoms with Crippen LogP contribution in [0.4, 0.5) is 5.69 Å². The SMILES string of the molecule is CCOC(=O)CCCOc1ccc(OCc2cnccc2N(C)C)cc1. The summed E-state index contributed by atoms with van der Waals surface area (Å²) in [7, 11) is 3.99. The predicted octanol–water partition coefficient (Wildman–Crippen LogP) is 3.45. The van der Waals surface area contributed by atoms with Crippen molar-refractivity contribution in [1.29, 1.82) is 0 Å². The number of benzene rings is 1. The Morgan fingerprint density at radius 3 is 2.42 bits per heavy atom. The van der Waals surface area contributed by atoms with E-state index in [-0.39, 0.29) is 5.97 Å². The van der Waals surface area contributed by atoms with Crippen molar-refractivity contribution in [2.24, 2.45) is 0 Å². The van der Waals surface area contributed by atoms with Crippen LogP contribution in [0.1, 0.15) is 25.3 Å². The minimum absolute atomic E-state index is 0.188. The van der Waals surface area contributed by atoms with Crippen molar-refractivity contribution in [3.05, 3.63) is 48.3 Å². The van der Waals surface area contributed by atoms with Gasteiger partial charge in [0.05, 0.1) is 13.2 Å². The van der Waals surface area contributed by atoms with Gasteiger partial charge in [-0.15, -0.1) is 0 Å². The number of pyridine rings is 1. The maximum atomic E-state index is 11.3. The summed E-state index contributed by atoms with van der Waals surface area (Å²) in [5.74, 6) is 1.32. The molecule has 0 atom stereocenters. The molecule has 0 aliphatic heterocycles. The molecule has 0 bridgehead atoms. The average molecular weight is 358 g/mol. The Kier molecular flexibility index (Phi) is 7.74. The fraction of sp³-hybridized carbons (Fsp3) is 0.400. The molecule has 2 rings (SSSR count). The monoisotopic (exact) mass is 358 g/mol. The summed E-state index contributed by atoms with van der Waals surface area (Å²) in [6.07, 6.45) is 4.59. The molecule has 0 saturated heterocycles. The van der Waals surface area contributed by atoms with Crippen molar-refractivity contribution >= 4 is 11.7 Å². The second kappa shape index (κ2) is 10.3. The average Bonchev–Trinajstić information content (AvgIpc) is 2.65. The molecule has 6 heteroatoms. The van der Waals surface area contributed by atoms with E-state index < -0.39 is 0 Å². The van der Waals surface area contributed by atoms with Crippen LogP contribution in [-0.4, -0.2) is 38.3 Å². The number of rotatable bonds is 10. The smallest absolute Gasteiger partial charge is 0.305 e. The van der Waals surface area contributed by atoms with Crippen LogP contribution in [0.25, 0.3) is 0 Å². The number of carbonyl (C=O) groups excluding carboxylic acids is 1. The summed E-state index contributed by atoms with van der Waals surface area (Å²) >= 11 is 0. The second-order valence-electron chi connectivity index (χ2n) is 5.92. The molecule has 0 unspecified atom stereocenters. The normalized spacial score (nSPS) is 10.3. The lowest BCUT2D eigenvalue weighted by molar-refractivity contribution is -0.143. The summed E-state index contributed by atoms with van der Waals surface area (Å²) in [6.45, 7) is 3.13.